The van der Waals surface area contributed by atoms with Crippen molar-refractivity contribution in [3.8, 4) is 5.75 Å². The minimum absolute atomic E-state index is 0.0314. The fourth-order valence-corrected chi connectivity index (χ4v) is 2.95. The third-order valence-electron chi connectivity index (χ3n) is 4.35. The maximum atomic E-state index is 13.6. The standard InChI is InChI=1S/C18H21FN2O3/c1-12-14(11-23-16-10-6-5-9-15(16)19)17(21-24-12)18(22)20-13-7-3-2-4-8-13/h5-6,9-10,13H,2-4,7-8,11H2,1H3,(H,20,22). The van der Waals surface area contributed by atoms with E-state index in [1.165, 1.54) is 12.5 Å². The molecule has 1 aromatic heterocycles. The first-order valence-electron chi connectivity index (χ1n) is 8.28. The minimum atomic E-state index is -0.445. The molecule has 0 radical (unpaired) electrons. The predicted octanol–water partition coefficient (Wildman–Crippen LogP) is 3.76. The lowest BCUT2D eigenvalue weighted by atomic mass is 9.95. The molecular formula is C18H21FN2O3. The smallest absolute Gasteiger partial charge is 0.274 e. The second kappa shape index (κ2) is 7.47. The van der Waals surface area contributed by atoms with E-state index in [1.54, 1.807) is 25.1 Å². The van der Waals surface area contributed by atoms with Crippen LogP contribution in [0.5, 0.6) is 5.75 Å². The van der Waals surface area contributed by atoms with Gasteiger partial charge in [0.25, 0.3) is 5.91 Å². The molecule has 5 nitrogen and oxygen atoms in total. The highest BCUT2D eigenvalue weighted by atomic mass is 19.1. The Kier molecular flexibility index (Phi) is 5.13. The Labute approximate surface area is 140 Å². The Morgan fingerprint density at radius 3 is 2.83 bits per heavy atom. The van der Waals surface area contributed by atoms with Crippen molar-refractivity contribution >= 4 is 5.91 Å². The number of para-hydroxylation sites is 1. The normalized spacial score (nSPS) is 15.2. The fourth-order valence-electron chi connectivity index (χ4n) is 2.95. The monoisotopic (exact) mass is 332 g/mol. The molecule has 0 atom stereocenters. The number of benzene rings is 1. The molecule has 1 N–H and O–H groups in total. The van der Waals surface area contributed by atoms with Gasteiger partial charge in [0.15, 0.2) is 17.3 Å². The van der Waals surface area contributed by atoms with Crippen molar-refractivity contribution in [3.63, 3.8) is 0 Å². The number of carbonyl (C=O) groups is 1. The Bertz CT molecular complexity index is 708. The summed E-state index contributed by atoms with van der Waals surface area (Å²) in [5.74, 6) is -0.0671. The Balaban J connectivity index is 1.69. The molecule has 1 fully saturated rings. The van der Waals surface area contributed by atoms with Crippen LogP contribution in [-0.2, 0) is 6.61 Å². The van der Waals surface area contributed by atoms with E-state index < -0.39 is 5.82 Å². The van der Waals surface area contributed by atoms with Crippen molar-refractivity contribution in [1.82, 2.24) is 10.5 Å². The van der Waals surface area contributed by atoms with Crippen LogP contribution in [0.2, 0.25) is 0 Å². The van der Waals surface area contributed by atoms with Crippen molar-refractivity contribution in [2.24, 2.45) is 0 Å². The average molecular weight is 332 g/mol. The number of hydrogen-bond acceptors (Lipinski definition) is 4. The molecule has 24 heavy (non-hydrogen) atoms. The first kappa shape index (κ1) is 16.5. The molecule has 0 saturated heterocycles. The van der Waals surface area contributed by atoms with Crippen LogP contribution in [0.4, 0.5) is 4.39 Å². The maximum Gasteiger partial charge on any atom is 0.274 e. The molecule has 0 aliphatic heterocycles. The first-order valence-corrected chi connectivity index (χ1v) is 8.28. The highest BCUT2D eigenvalue weighted by Gasteiger charge is 2.23. The summed E-state index contributed by atoms with van der Waals surface area (Å²) in [5, 5.41) is 6.86. The summed E-state index contributed by atoms with van der Waals surface area (Å²) in [6, 6.07) is 6.33. The number of rotatable bonds is 5. The average Bonchev–Trinajstić information content (AvgIpc) is 2.96. The molecule has 128 valence electrons. The second-order valence-corrected chi connectivity index (χ2v) is 6.09. The van der Waals surface area contributed by atoms with Gasteiger partial charge in [-0.05, 0) is 31.9 Å². The number of amides is 1. The summed E-state index contributed by atoms with van der Waals surface area (Å²) in [4.78, 5) is 12.5. The van der Waals surface area contributed by atoms with Crippen LogP contribution >= 0.6 is 0 Å². The van der Waals surface area contributed by atoms with Crippen LogP contribution in [0.3, 0.4) is 0 Å². The van der Waals surface area contributed by atoms with Gasteiger partial charge >= 0.3 is 0 Å². The van der Waals surface area contributed by atoms with Crippen molar-refractivity contribution < 1.29 is 18.4 Å². The van der Waals surface area contributed by atoms with Crippen LogP contribution in [0, 0.1) is 12.7 Å². The quantitative estimate of drug-likeness (QED) is 0.905. The number of aryl methyl sites for hydroxylation is 1. The lowest BCUT2D eigenvalue weighted by Crippen LogP contribution is -2.36. The number of ether oxygens (including phenoxy) is 1. The molecule has 6 heteroatoms. The highest BCUT2D eigenvalue weighted by molar-refractivity contribution is 5.94. The third kappa shape index (κ3) is 3.75. The van der Waals surface area contributed by atoms with Gasteiger partial charge in [0, 0.05) is 6.04 Å². The van der Waals surface area contributed by atoms with Crippen LogP contribution < -0.4 is 10.1 Å². The Morgan fingerprint density at radius 2 is 2.08 bits per heavy atom. The largest absolute Gasteiger partial charge is 0.486 e. The number of carbonyl (C=O) groups excluding carboxylic acids is 1. The van der Waals surface area contributed by atoms with E-state index >= 15 is 0 Å². The first-order chi connectivity index (χ1) is 11.6. The Morgan fingerprint density at radius 1 is 1.33 bits per heavy atom. The molecular weight excluding hydrogens is 311 g/mol. The van der Waals surface area contributed by atoms with Crippen LogP contribution in [0.15, 0.2) is 28.8 Å². The zero-order chi connectivity index (χ0) is 16.9. The van der Waals surface area contributed by atoms with E-state index in [2.05, 4.69) is 10.5 Å². The van der Waals surface area contributed by atoms with Gasteiger partial charge in [-0.1, -0.05) is 36.6 Å². The summed E-state index contributed by atoms with van der Waals surface area (Å²) >= 11 is 0. The lowest BCUT2D eigenvalue weighted by Gasteiger charge is -2.22. The lowest BCUT2D eigenvalue weighted by molar-refractivity contribution is 0.0916. The van der Waals surface area contributed by atoms with Crippen LogP contribution in [-0.4, -0.2) is 17.1 Å². The topological polar surface area (TPSA) is 64.4 Å². The number of aromatic nitrogens is 1. The second-order valence-electron chi connectivity index (χ2n) is 6.09. The summed E-state index contributed by atoms with van der Waals surface area (Å²) in [5.41, 5.74) is 0.765. The van der Waals surface area contributed by atoms with Gasteiger partial charge in [0.2, 0.25) is 0 Å². The van der Waals surface area contributed by atoms with Crippen molar-refractivity contribution in [3.05, 3.63) is 47.1 Å². The maximum absolute atomic E-state index is 13.6. The zero-order valence-electron chi connectivity index (χ0n) is 13.7. The van der Waals surface area contributed by atoms with Crippen molar-refractivity contribution in [2.45, 2.75) is 51.7 Å². The SMILES string of the molecule is Cc1onc(C(=O)NC2CCCCC2)c1COc1ccccc1F. The van der Waals surface area contributed by atoms with E-state index in [1.807, 2.05) is 0 Å². The van der Waals surface area contributed by atoms with E-state index in [0.29, 0.717) is 11.3 Å². The molecule has 3 rings (SSSR count). The van der Waals surface area contributed by atoms with Gasteiger partial charge in [-0.25, -0.2) is 4.39 Å². The van der Waals surface area contributed by atoms with Crippen LogP contribution in [0.25, 0.3) is 0 Å². The number of nitrogens with one attached hydrogen (secondary N) is 1. The summed E-state index contributed by atoms with van der Waals surface area (Å²) < 4.78 is 24.3. The molecule has 2 aromatic rings. The molecule has 1 amide bonds. The van der Waals surface area contributed by atoms with E-state index in [-0.39, 0.29) is 30.0 Å². The van der Waals surface area contributed by atoms with Gasteiger partial charge in [0.1, 0.15) is 12.4 Å². The fraction of sp³-hybridized carbons (Fsp3) is 0.444. The molecule has 0 bridgehead atoms. The molecule has 1 aromatic carbocycles. The van der Waals surface area contributed by atoms with Gasteiger partial charge in [0.05, 0.1) is 5.56 Å². The minimum Gasteiger partial charge on any atom is -0.486 e. The summed E-state index contributed by atoms with van der Waals surface area (Å²) in [6.45, 7) is 1.74. The van der Waals surface area contributed by atoms with Crippen LogP contribution in [0.1, 0.15) is 53.9 Å². The summed E-state index contributed by atoms with van der Waals surface area (Å²) in [6.07, 6.45) is 5.46. The number of hydrogen-bond donors (Lipinski definition) is 1. The molecule has 0 unspecified atom stereocenters. The van der Waals surface area contributed by atoms with E-state index in [4.69, 9.17) is 9.26 Å². The van der Waals surface area contributed by atoms with Crippen molar-refractivity contribution in [1.29, 1.82) is 0 Å². The molecule has 1 heterocycles. The van der Waals surface area contributed by atoms with Gasteiger partial charge in [-0.3, -0.25) is 4.79 Å². The van der Waals surface area contributed by atoms with Gasteiger partial charge in [-0.15, -0.1) is 0 Å². The predicted molar refractivity (Wildman–Crippen MR) is 86.3 cm³/mol. The van der Waals surface area contributed by atoms with Crippen molar-refractivity contribution in [2.75, 3.05) is 0 Å². The third-order valence-corrected chi connectivity index (χ3v) is 4.35. The molecule has 1 saturated carbocycles. The molecule has 0 spiro atoms. The van der Waals surface area contributed by atoms with E-state index in [0.717, 1.165) is 25.7 Å². The molecule has 1 aliphatic carbocycles. The van der Waals surface area contributed by atoms with E-state index in [9.17, 15) is 9.18 Å². The van der Waals surface area contributed by atoms with Gasteiger partial charge < -0.3 is 14.6 Å². The van der Waals surface area contributed by atoms with Gasteiger partial charge in [-0.2, -0.15) is 0 Å². The zero-order valence-corrected chi connectivity index (χ0v) is 13.7. The highest BCUT2D eigenvalue weighted by Crippen LogP contribution is 2.22. The number of halogens is 1. The Hall–Kier alpha value is -2.37. The summed E-state index contributed by atoms with van der Waals surface area (Å²) in [7, 11) is 0. The molecule has 1 aliphatic rings. The number of nitrogens with zero attached hydrogens (tertiary/aromatic N) is 1.